The quantitative estimate of drug-likeness (QED) is 0.608. The van der Waals surface area contributed by atoms with E-state index in [2.05, 4.69) is 0 Å². The first-order chi connectivity index (χ1) is 12.5. The molecule has 0 saturated carbocycles. The van der Waals surface area contributed by atoms with Gasteiger partial charge in [0.1, 0.15) is 0 Å². The first-order valence-electron chi connectivity index (χ1n) is 8.09. The van der Waals surface area contributed by atoms with Gasteiger partial charge in [-0.25, -0.2) is 4.79 Å². The molecular weight excluding hydrogens is 340 g/mol. The molecule has 0 radical (unpaired) electrons. The summed E-state index contributed by atoms with van der Waals surface area (Å²) in [6.07, 6.45) is 1.24. The van der Waals surface area contributed by atoms with Crippen LogP contribution in [-0.2, 0) is 12.8 Å². The van der Waals surface area contributed by atoms with Crippen molar-refractivity contribution in [3.63, 3.8) is 0 Å². The highest BCUT2D eigenvalue weighted by Gasteiger charge is 2.34. The van der Waals surface area contributed by atoms with Crippen molar-refractivity contribution in [2.45, 2.75) is 12.8 Å². The summed E-state index contributed by atoms with van der Waals surface area (Å²) < 4.78 is 0. The maximum absolute atomic E-state index is 13.0. The first-order valence-corrected chi connectivity index (χ1v) is 8.09. The zero-order valence-electron chi connectivity index (χ0n) is 13.6. The highest BCUT2D eigenvalue weighted by atomic mass is 16.6. The molecule has 2 aliphatic heterocycles. The molecule has 0 N–H and O–H groups in total. The van der Waals surface area contributed by atoms with Gasteiger partial charge < -0.3 is 0 Å². The summed E-state index contributed by atoms with van der Waals surface area (Å²) in [7, 11) is 0. The Bertz CT molecular complexity index is 883. The van der Waals surface area contributed by atoms with Gasteiger partial charge >= 0.3 is 6.03 Å². The molecule has 9 heteroatoms. The van der Waals surface area contributed by atoms with Crippen LogP contribution in [0.15, 0.2) is 36.4 Å². The number of nitro benzene ring substituents is 2. The molecule has 0 saturated heterocycles. The number of nitrogens with zero attached hydrogens (tertiary/aromatic N) is 4. The number of non-ortho nitro benzene ring substituents is 2. The summed E-state index contributed by atoms with van der Waals surface area (Å²) >= 11 is 0. The van der Waals surface area contributed by atoms with E-state index in [1.807, 2.05) is 0 Å². The van der Waals surface area contributed by atoms with E-state index in [0.29, 0.717) is 37.3 Å². The molecule has 0 unspecified atom stereocenters. The topological polar surface area (TPSA) is 110 Å². The fourth-order valence-electron chi connectivity index (χ4n) is 3.51. The highest BCUT2D eigenvalue weighted by molar-refractivity contribution is 6.06. The van der Waals surface area contributed by atoms with Gasteiger partial charge in [-0.2, -0.15) is 0 Å². The fourth-order valence-corrected chi connectivity index (χ4v) is 3.51. The van der Waals surface area contributed by atoms with Gasteiger partial charge in [-0.05, 0) is 24.0 Å². The van der Waals surface area contributed by atoms with Gasteiger partial charge in [-0.3, -0.25) is 30.0 Å². The molecule has 2 aromatic carbocycles. The molecule has 9 nitrogen and oxygen atoms in total. The van der Waals surface area contributed by atoms with Crippen molar-refractivity contribution in [2.75, 3.05) is 22.9 Å². The third-order valence-electron chi connectivity index (χ3n) is 4.81. The number of benzene rings is 2. The van der Waals surface area contributed by atoms with E-state index >= 15 is 0 Å². The highest BCUT2D eigenvalue weighted by Crippen LogP contribution is 2.36. The molecule has 0 spiro atoms. The zero-order chi connectivity index (χ0) is 18.4. The third-order valence-corrected chi connectivity index (χ3v) is 4.81. The minimum atomic E-state index is -0.490. The van der Waals surface area contributed by atoms with Gasteiger partial charge in [-0.15, -0.1) is 0 Å². The number of rotatable bonds is 2. The van der Waals surface area contributed by atoms with Crippen LogP contribution in [0.25, 0.3) is 0 Å². The number of amides is 2. The van der Waals surface area contributed by atoms with Crippen LogP contribution in [-0.4, -0.2) is 29.0 Å². The second-order valence-corrected chi connectivity index (χ2v) is 6.23. The molecule has 0 aliphatic carbocycles. The zero-order valence-corrected chi connectivity index (χ0v) is 13.6. The molecule has 2 aromatic rings. The average Bonchev–Trinajstić information content (AvgIpc) is 3.24. The van der Waals surface area contributed by atoms with Crippen molar-refractivity contribution in [1.29, 1.82) is 0 Å². The lowest BCUT2D eigenvalue weighted by Gasteiger charge is -2.25. The second-order valence-electron chi connectivity index (χ2n) is 6.23. The van der Waals surface area contributed by atoms with Crippen LogP contribution >= 0.6 is 0 Å². The normalized spacial score (nSPS) is 14.9. The van der Waals surface area contributed by atoms with Crippen LogP contribution in [0.3, 0.4) is 0 Å². The molecular formula is C17H14N4O5. The van der Waals surface area contributed by atoms with Gasteiger partial charge in [0, 0.05) is 37.4 Å². The number of carbonyl (C=O) groups excluding carboxylic acids is 1. The van der Waals surface area contributed by atoms with Crippen LogP contribution in [0, 0.1) is 20.2 Å². The fraction of sp³-hybridized carbons (Fsp3) is 0.235. The largest absolute Gasteiger partial charge is 0.328 e. The number of hydrogen-bond donors (Lipinski definition) is 0. The van der Waals surface area contributed by atoms with E-state index < -0.39 is 9.85 Å². The molecule has 2 aliphatic rings. The lowest BCUT2D eigenvalue weighted by molar-refractivity contribution is -0.385. The Kier molecular flexibility index (Phi) is 3.57. The summed E-state index contributed by atoms with van der Waals surface area (Å²) in [6.45, 7) is 0.853. The predicted octanol–water partition coefficient (Wildman–Crippen LogP) is 3.05. The van der Waals surface area contributed by atoms with Crippen LogP contribution in [0.2, 0.25) is 0 Å². The molecule has 0 bridgehead atoms. The molecule has 132 valence electrons. The van der Waals surface area contributed by atoms with Gasteiger partial charge in [-0.1, -0.05) is 12.1 Å². The van der Waals surface area contributed by atoms with Crippen molar-refractivity contribution in [2.24, 2.45) is 0 Å². The standard InChI is InChI=1S/C17H14N4O5/c22-17(18-7-5-11-1-3-13(20(23)24)9-15(11)18)19-8-6-12-2-4-14(21(25)26)10-16(12)19/h1-4,9-10H,5-8H2. The molecule has 2 heterocycles. The van der Waals surface area contributed by atoms with Crippen LogP contribution in [0.5, 0.6) is 0 Å². The van der Waals surface area contributed by atoms with Crippen molar-refractivity contribution in [1.82, 2.24) is 0 Å². The summed E-state index contributed by atoms with van der Waals surface area (Å²) in [5.41, 5.74) is 2.68. The average molecular weight is 354 g/mol. The van der Waals surface area contributed by atoms with E-state index in [1.54, 1.807) is 12.1 Å². The number of nitro groups is 2. The molecule has 4 rings (SSSR count). The van der Waals surface area contributed by atoms with Gasteiger partial charge in [0.25, 0.3) is 11.4 Å². The monoisotopic (exact) mass is 354 g/mol. The Labute approximate surface area is 147 Å². The number of hydrogen-bond acceptors (Lipinski definition) is 5. The van der Waals surface area contributed by atoms with Gasteiger partial charge in [0.15, 0.2) is 0 Å². The number of anilines is 2. The van der Waals surface area contributed by atoms with Crippen molar-refractivity contribution in [3.8, 4) is 0 Å². The van der Waals surface area contributed by atoms with Crippen molar-refractivity contribution < 1.29 is 14.6 Å². The van der Waals surface area contributed by atoms with Crippen LogP contribution in [0.4, 0.5) is 27.5 Å². The summed E-state index contributed by atoms with van der Waals surface area (Å²) in [6, 6.07) is 8.70. The second kappa shape index (κ2) is 5.80. The Morgan fingerprint density at radius 1 is 0.808 bits per heavy atom. The van der Waals surface area contributed by atoms with E-state index in [1.165, 1.54) is 34.1 Å². The predicted molar refractivity (Wildman–Crippen MR) is 93.7 cm³/mol. The summed E-state index contributed by atoms with van der Waals surface area (Å²) in [5, 5.41) is 22.1. The lowest BCUT2D eigenvalue weighted by atomic mass is 10.1. The maximum Gasteiger partial charge on any atom is 0.328 e. The Morgan fingerprint density at radius 2 is 1.23 bits per heavy atom. The van der Waals surface area contributed by atoms with Gasteiger partial charge in [0.2, 0.25) is 0 Å². The van der Waals surface area contributed by atoms with E-state index in [4.69, 9.17) is 0 Å². The molecule has 0 aromatic heterocycles. The number of carbonyl (C=O) groups is 1. The molecule has 0 fully saturated rings. The smallest absolute Gasteiger partial charge is 0.293 e. The Morgan fingerprint density at radius 3 is 1.62 bits per heavy atom. The third kappa shape index (κ3) is 2.44. The SMILES string of the molecule is O=C(N1CCc2ccc([N+](=O)[O-])cc21)N1CCc2ccc([N+](=O)[O-])cc21. The molecule has 0 atom stereocenters. The molecule has 2 amide bonds. The summed E-state index contributed by atoms with van der Waals surface area (Å²) in [5.74, 6) is 0. The van der Waals surface area contributed by atoms with E-state index in [-0.39, 0.29) is 17.4 Å². The minimum Gasteiger partial charge on any atom is -0.293 e. The van der Waals surface area contributed by atoms with Crippen LogP contribution < -0.4 is 9.80 Å². The van der Waals surface area contributed by atoms with E-state index in [0.717, 1.165) is 11.1 Å². The van der Waals surface area contributed by atoms with Crippen molar-refractivity contribution in [3.05, 3.63) is 67.8 Å². The molecule has 26 heavy (non-hydrogen) atoms. The maximum atomic E-state index is 13.0. The summed E-state index contributed by atoms with van der Waals surface area (Å²) in [4.78, 5) is 37.1. The Balaban J connectivity index is 1.68. The minimum absolute atomic E-state index is 0.0686. The lowest BCUT2D eigenvalue weighted by Crippen LogP contribution is -2.41. The number of urea groups is 1. The van der Waals surface area contributed by atoms with Crippen LogP contribution in [0.1, 0.15) is 11.1 Å². The number of fused-ring (bicyclic) bond motifs is 2. The Hall–Kier alpha value is -3.49. The first kappa shape index (κ1) is 16.0. The van der Waals surface area contributed by atoms with Gasteiger partial charge in [0.05, 0.1) is 21.2 Å². The van der Waals surface area contributed by atoms with E-state index in [9.17, 15) is 25.0 Å². The van der Waals surface area contributed by atoms with Crippen molar-refractivity contribution >= 4 is 28.8 Å².